The zero-order valence-electron chi connectivity index (χ0n) is 12.1. The van der Waals surface area contributed by atoms with Crippen molar-refractivity contribution in [1.82, 2.24) is 19.8 Å². The molecule has 3 rings (SSSR count). The Kier molecular flexibility index (Phi) is 4.00. The van der Waals surface area contributed by atoms with Crippen LogP contribution in [0, 0.1) is 0 Å². The minimum atomic E-state index is -4.51. The number of nitrogens with zero attached hydrogens (tertiary/aromatic N) is 4. The van der Waals surface area contributed by atoms with E-state index in [1.54, 1.807) is 0 Å². The second kappa shape index (κ2) is 5.84. The molecule has 7 nitrogen and oxygen atoms in total. The van der Waals surface area contributed by atoms with E-state index in [0.29, 0.717) is 32.6 Å². The van der Waals surface area contributed by atoms with Crippen molar-refractivity contribution in [2.45, 2.75) is 24.7 Å². The fraction of sp³-hybridized carbons (Fsp3) is 0.615. The lowest BCUT2D eigenvalue weighted by molar-refractivity contribution is -0.141. The van der Waals surface area contributed by atoms with Crippen LogP contribution in [0.2, 0.25) is 0 Å². The van der Waals surface area contributed by atoms with Gasteiger partial charge in [-0.1, -0.05) is 0 Å². The Labute approximate surface area is 130 Å². The number of aromatic nitrogens is 2. The molecule has 2 aliphatic heterocycles. The number of hydrogen-bond acceptors (Lipinski definition) is 5. The Balaban J connectivity index is 1.63. The minimum Gasteiger partial charge on any atom is -0.465 e. The number of carboxylic acid groups (broad SMARTS) is 1. The van der Waals surface area contributed by atoms with Crippen LogP contribution < -0.4 is 5.32 Å². The van der Waals surface area contributed by atoms with Crippen molar-refractivity contribution >= 4 is 12.0 Å². The fourth-order valence-corrected chi connectivity index (χ4v) is 3.09. The van der Waals surface area contributed by atoms with Crippen molar-refractivity contribution in [2.24, 2.45) is 0 Å². The maximum atomic E-state index is 12.7. The van der Waals surface area contributed by atoms with Gasteiger partial charge in [0.25, 0.3) is 0 Å². The van der Waals surface area contributed by atoms with Gasteiger partial charge in [-0.15, -0.1) is 0 Å². The van der Waals surface area contributed by atoms with Gasteiger partial charge in [-0.2, -0.15) is 13.2 Å². The van der Waals surface area contributed by atoms with E-state index in [1.807, 2.05) is 0 Å². The van der Waals surface area contributed by atoms with Crippen LogP contribution in [-0.2, 0) is 6.18 Å². The topological polar surface area (TPSA) is 81.6 Å². The van der Waals surface area contributed by atoms with E-state index in [-0.39, 0.29) is 18.0 Å². The van der Waals surface area contributed by atoms with Crippen LogP contribution in [0.3, 0.4) is 0 Å². The minimum absolute atomic E-state index is 0.0558. The van der Waals surface area contributed by atoms with Gasteiger partial charge in [0, 0.05) is 44.5 Å². The molecule has 2 saturated heterocycles. The molecule has 1 aromatic heterocycles. The summed E-state index contributed by atoms with van der Waals surface area (Å²) >= 11 is 0. The van der Waals surface area contributed by atoms with Crippen LogP contribution in [-0.4, -0.2) is 69.2 Å². The third-order valence-electron chi connectivity index (χ3n) is 4.17. The molecule has 1 amide bonds. The molecule has 23 heavy (non-hydrogen) atoms. The fourth-order valence-electron chi connectivity index (χ4n) is 3.09. The second-order valence-corrected chi connectivity index (χ2v) is 5.72. The summed E-state index contributed by atoms with van der Waals surface area (Å²) < 4.78 is 38.0. The average molecular weight is 331 g/mol. The van der Waals surface area contributed by atoms with Gasteiger partial charge < -0.3 is 15.3 Å². The molecule has 0 aliphatic carbocycles. The molecule has 0 aromatic carbocycles. The van der Waals surface area contributed by atoms with Crippen molar-refractivity contribution in [3.05, 3.63) is 18.0 Å². The second-order valence-electron chi connectivity index (χ2n) is 5.72. The maximum absolute atomic E-state index is 12.7. The lowest BCUT2D eigenvalue weighted by Crippen LogP contribution is -2.51. The average Bonchev–Trinajstić information content (AvgIpc) is 2.87. The van der Waals surface area contributed by atoms with Crippen molar-refractivity contribution in [3.63, 3.8) is 0 Å². The highest BCUT2D eigenvalue weighted by molar-refractivity contribution is 5.65. The number of rotatable bonds is 2. The predicted molar refractivity (Wildman–Crippen MR) is 74.0 cm³/mol. The summed E-state index contributed by atoms with van der Waals surface area (Å²) in [6.07, 6.45) is -3.73. The summed E-state index contributed by atoms with van der Waals surface area (Å²) in [6.45, 7) is 2.12. The van der Waals surface area contributed by atoms with E-state index in [2.05, 4.69) is 20.2 Å². The first-order valence-electron chi connectivity index (χ1n) is 7.21. The number of carbonyl (C=O) groups is 1. The van der Waals surface area contributed by atoms with Crippen LogP contribution in [0.15, 0.2) is 12.3 Å². The van der Waals surface area contributed by atoms with E-state index in [4.69, 9.17) is 5.11 Å². The number of anilines is 1. The van der Waals surface area contributed by atoms with Crippen LogP contribution in [0.25, 0.3) is 0 Å². The van der Waals surface area contributed by atoms with Crippen LogP contribution in [0.1, 0.15) is 12.1 Å². The molecule has 2 fully saturated rings. The summed E-state index contributed by atoms with van der Waals surface area (Å²) in [5, 5.41) is 12.0. The van der Waals surface area contributed by atoms with E-state index in [1.165, 1.54) is 4.90 Å². The van der Waals surface area contributed by atoms with E-state index >= 15 is 0 Å². The largest absolute Gasteiger partial charge is 0.465 e. The van der Waals surface area contributed by atoms with Gasteiger partial charge in [-0.3, -0.25) is 4.90 Å². The summed E-state index contributed by atoms with van der Waals surface area (Å²) in [6, 6.07) is 0.800. The lowest BCUT2D eigenvalue weighted by Gasteiger charge is -2.35. The van der Waals surface area contributed by atoms with E-state index < -0.39 is 18.0 Å². The molecule has 0 radical (unpaired) electrons. The van der Waals surface area contributed by atoms with Gasteiger partial charge in [-0.05, 0) is 12.5 Å². The van der Waals surface area contributed by atoms with Crippen LogP contribution in [0.4, 0.5) is 23.9 Å². The van der Waals surface area contributed by atoms with E-state index in [0.717, 1.165) is 12.3 Å². The Morgan fingerprint density at radius 3 is 2.83 bits per heavy atom. The molecule has 10 heteroatoms. The standard InChI is InChI=1S/C13H16F3N5O2/c14-13(15,16)10-1-2-17-11(19-10)18-8-5-9-7-21(12(22)23)4-3-20(9)6-8/h1-2,8-9H,3-7H2,(H,22,23)(H,17,18,19). The molecule has 126 valence electrons. The number of halogens is 3. The molecule has 3 heterocycles. The molecule has 2 atom stereocenters. The molecule has 2 unspecified atom stereocenters. The summed E-state index contributed by atoms with van der Waals surface area (Å²) in [5.41, 5.74) is -0.984. The molecular weight excluding hydrogens is 315 g/mol. The van der Waals surface area contributed by atoms with Gasteiger partial charge >= 0.3 is 12.3 Å². The molecule has 0 spiro atoms. The predicted octanol–water partition coefficient (Wildman–Crippen LogP) is 1.34. The Morgan fingerprint density at radius 1 is 1.35 bits per heavy atom. The molecule has 2 N–H and O–H groups in total. The molecule has 0 saturated carbocycles. The van der Waals surface area contributed by atoms with Crippen molar-refractivity contribution in [1.29, 1.82) is 0 Å². The molecular formula is C13H16F3N5O2. The summed E-state index contributed by atoms with van der Waals surface area (Å²) in [7, 11) is 0. The number of alkyl halides is 3. The number of nitrogens with one attached hydrogen (secondary N) is 1. The number of fused-ring (bicyclic) bond motifs is 1. The Morgan fingerprint density at radius 2 is 2.13 bits per heavy atom. The highest BCUT2D eigenvalue weighted by atomic mass is 19.4. The monoisotopic (exact) mass is 331 g/mol. The lowest BCUT2D eigenvalue weighted by atomic mass is 10.1. The van der Waals surface area contributed by atoms with Crippen LogP contribution in [0.5, 0.6) is 0 Å². The smallest absolute Gasteiger partial charge is 0.433 e. The number of amides is 1. The highest BCUT2D eigenvalue weighted by Gasteiger charge is 2.38. The summed E-state index contributed by atoms with van der Waals surface area (Å²) in [5.74, 6) is -0.0558. The van der Waals surface area contributed by atoms with Crippen molar-refractivity contribution in [2.75, 3.05) is 31.5 Å². The quantitative estimate of drug-likeness (QED) is 0.851. The van der Waals surface area contributed by atoms with Crippen molar-refractivity contribution in [3.8, 4) is 0 Å². The third kappa shape index (κ3) is 3.46. The number of hydrogen-bond donors (Lipinski definition) is 2. The van der Waals surface area contributed by atoms with Crippen molar-refractivity contribution < 1.29 is 23.1 Å². The third-order valence-corrected chi connectivity index (χ3v) is 4.17. The zero-order chi connectivity index (χ0) is 16.6. The SMILES string of the molecule is O=C(O)N1CCN2CC(Nc3nccc(C(F)(F)F)n3)CC2C1. The molecule has 0 bridgehead atoms. The Hall–Kier alpha value is -2.10. The van der Waals surface area contributed by atoms with Gasteiger partial charge in [0.2, 0.25) is 5.95 Å². The normalized spacial score (nSPS) is 25.3. The molecule has 1 aromatic rings. The van der Waals surface area contributed by atoms with Gasteiger partial charge in [-0.25, -0.2) is 14.8 Å². The van der Waals surface area contributed by atoms with E-state index in [9.17, 15) is 18.0 Å². The first-order chi connectivity index (χ1) is 10.8. The first-order valence-corrected chi connectivity index (χ1v) is 7.21. The zero-order valence-corrected chi connectivity index (χ0v) is 12.1. The first kappa shape index (κ1) is 15.8. The Bertz CT molecular complexity index is 597. The maximum Gasteiger partial charge on any atom is 0.433 e. The number of piperazine rings is 1. The highest BCUT2D eigenvalue weighted by Crippen LogP contribution is 2.28. The molecule has 2 aliphatic rings. The van der Waals surface area contributed by atoms with Gasteiger partial charge in [0.05, 0.1) is 0 Å². The summed E-state index contributed by atoms with van der Waals surface area (Å²) in [4.78, 5) is 21.9. The van der Waals surface area contributed by atoms with Gasteiger partial charge in [0.15, 0.2) is 0 Å². The van der Waals surface area contributed by atoms with Crippen LogP contribution >= 0.6 is 0 Å². The van der Waals surface area contributed by atoms with Gasteiger partial charge in [0.1, 0.15) is 5.69 Å².